The van der Waals surface area contributed by atoms with E-state index in [2.05, 4.69) is 21.7 Å². The van der Waals surface area contributed by atoms with Crippen LogP contribution in [0.25, 0.3) is 0 Å². The summed E-state index contributed by atoms with van der Waals surface area (Å²) in [6.07, 6.45) is 5.84. The Kier molecular flexibility index (Phi) is 2.46. The third-order valence-electron chi connectivity index (χ3n) is 3.93. The molecule has 2 N–H and O–H groups in total. The third-order valence-corrected chi connectivity index (χ3v) is 3.93. The molecule has 1 aromatic rings. The number of hydrogen-bond donors (Lipinski definition) is 1. The van der Waals surface area contributed by atoms with E-state index in [1.54, 1.807) is 0 Å². The van der Waals surface area contributed by atoms with Gasteiger partial charge in [-0.2, -0.15) is 0 Å². The van der Waals surface area contributed by atoms with Gasteiger partial charge in [0.25, 0.3) is 0 Å². The largest absolute Gasteiger partial charge is 0.327 e. The summed E-state index contributed by atoms with van der Waals surface area (Å²) in [5.41, 5.74) is 6.15. The van der Waals surface area contributed by atoms with Crippen LogP contribution in [0, 0.1) is 11.8 Å². The first-order valence-corrected chi connectivity index (χ1v) is 6.40. The summed E-state index contributed by atoms with van der Waals surface area (Å²) >= 11 is 0. The van der Waals surface area contributed by atoms with E-state index in [0.717, 1.165) is 42.9 Å². The van der Waals surface area contributed by atoms with Gasteiger partial charge in [0.05, 0.1) is 0 Å². The molecule has 1 fully saturated rings. The van der Waals surface area contributed by atoms with Crippen LogP contribution in [0.4, 0.5) is 0 Å². The van der Waals surface area contributed by atoms with Gasteiger partial charge in [-0.1, -0.05) is 6.92 Å². The van der Waals surface area contributed by atoms with Crippen LogP contribution in [0.5, 0.6) is 0 Å². The predicted octanol–water partition coefficient (Wildman–Crippen LogP) is 1.14. The van der Waals surface area contributed by atoms with E-state index in [9.17, 15) is 0 Å². The van der Waals surface area contributed by atoms with Crippen LogP contribution in [0.2, 0.25) is 0 Å². The van der Waals surface area contributed by atoms with E-state index >= 15 is 0 Å². The van der Waals surface area contributed by atoms with Gasteiger partial charge in [0, 0.05) is 25.4 Å². The maximum Gasteiger partial charge on any atom is 0.134 e. The quantitative estimate of drug-likeness (QED) is 0.831. The van der Waals surface area contributed by atoms with Crippen LogP contribution in [0.1, 0.15) is 37.8 Å². The minimum absolute atomic E-state index is 0.299. The van der Waals surface area contributed by atoms with Crippen molar-refractivity contribution in [1.82, 2.24) is 14.8 Å². The molecule has 2 atom stereocenters. The normalized spacial score (nSPS) is 26.5. The van der Waals surface area contributed by atoms with E-state index in [1.807, 2.05) is 0 Å². The summed E-state index contributed by atoms with van der Waals surface area (Å²) in [7, 11) is 0. The van der Waals surface area contributed by atoms with Crippen molar-refractivity contribution < 1.29 is 0 Å². The number of nitrogens with zero attached hydrogens (tertiary/aromatic N) is 3. The summed E-state index contributed by atoms with van der Waals surface area (Å²) in [5.74, 6) is 3.77. The average Bonchev–Trinajstić information content (AvgIpc) is 3.03. The minimum atomic E-state index is 0.299. The first-order chi connectivity index (χ1) is 7.74. The zero-order chi connectivity index (χ0) is 11.1. The maximum atomic E-state index is 6.15. The van der Waals surface area contributed by atoms with E-state index in [0.29, 0.717) is 6.04 Å². The number of hydrogen-bond acceptors (Lipinski definition) is 3. The van der Waals surface area contributed by atoms with Crippen molar-refractivity contribution in [2.75, 3.05) is 0 Å². The molecule has 0 bridgehead atoms. The predicted molar refractivity (Wildman–Crippen MR) is 61.9 cm³/mol. The van der Waals surface area contributed by atoms with Crippen LogP contribution in [-0.2, 0) is 19.4 Å². The van der Waals surface area contributed by atoms with E-state index in [1.165, 1.54) is 19.3 Å². The first-order valence-electron chi connectivity index (χ1n) is 6.40. The number of rotatable bonds is 3. The molecular formula is C12H20N4. The summed E-state index contributed by atoms with van der Waals surface area (Å²) in [6, 6.07) is 0.299. The Hall–Kier alpha value is -0.900. The Balaban J connectivity index is 1.75. The van der Waals surface area contributed by atoms with Crippen molar-refractivity contribution in [2.45, 2.75) is 51.6 Å². The zero-order valence-electron chi connectivity index (χ0n) is 9.89. The zero-order valence-corrected chi connectivity index (χ0v) is 9.89. The smallest absolute Gasteiger partial charge is 0.134 e. The van der Waals surface area contributed by atoms with Gasteiger partial charge in [0.15, 0.2) is 0 Å². The molecule has 0 saturated heterocycles. The standard InChI is InChI=1S/C12H20N4/c1-8-4-5-16-11(6-8)14-15-12(16)7-10(13)9-2-3-9/h8-10H,2-7,13H2,1H3. The van der Waals surface area contributed by atoms with Gasteiger partial charge in [-0.05, 0) is 31.1 Å². The second kappa shape index (κ2) is 3.84. The molecule has 2 aliphatic rings. The maximum absolute atomic E-state index is 6.15. The van der Waals surface area contributed by atoms with Crippen molar-refractivity contribution in [1.29, 1.82) is 0 Å². The highest BCUT2D eigenvalue weighted by Gasteiger charge is 2.30. The topological polar surface area (TPSA) is 56.7 Å². The van der Waals surface area contributed by atoms with E-state index in [4.69, 9.17) is 5.73 Å². The molecular weight excluding hydrogens is 200 g/mol. The Morgan fingerprint density at radius 2 is 2.19 bits per heavy atom. The molecule has 1 aliphatic heterocycles. The van der Waals surface area contributed by atoms with Crippen molar-refractivity contribution >= 4 is 0 Å². The van der Waals surface area contributed by atoms with Gasteiger partial charge < -0.3 is 10.3 Å². The molecule has 16 heavy (non-hydrogen) atoms. The van der Waals surface area contributed by atoms with Crippen molar-refractivity contribution in [3.05, 3.63) is 11.6 Å². The highest BCUT2D eigenvalue weighted by Crippen LogP contribution is 2.33. The molecule has 2 unspecified atom stereocenters. The molecule has 0 amide bonds. The fourth-order valence-electron chi connectivity index (χ4n) is 2.60. The van der Waals surface area contributed by atoms with Crippen LogP contribution in [-0.4, -0.2) is 20.8 Å². The number of nitrogens with two attached hydrogens (primary N) is 1. The van der Waals surface area contributed by atoms with Crippen molar-refractivity contribution in [3.8, 4) is 0 Å². The molecule has 1 aromatic heterocycles. The third kappa shape index (κ3) is 1.86. The van der Waals surface area contributed by atoms with Crippen LogP contribution < -0.4 is 5.73 Å². The molecule has 3 rings (SSSR count). The molecule has 4 heteroatoms. The number of fused-ring (bicyclic) bond motifs is 1. The molecule has 2 heterocycles. The molecule has 88 valence electrons. The van der Waals surface area contributed by atoms with Crippen molar-refractivity contribution in [3.63, 3.8) is 0 Å². The average molecular weight is 220 g/mol. The molecule has 0 aromatic carbocycles. The highest BCUT2D eigenvalue weighted by atomic mass is 15.3. The first kappa shape index (κ1) is 10.3. The molecule has 1 saturated carbocycles. The van der Waals surface area contributed by atoms with Gasteiger partial charge in [0.2, 0.25) is 0 Å². The molecule has 1 aliphatic carbocycles. The van der Waals surface area contributed by atoms with Crippen LogP contribution in [0.3, 0.4) is 0 Å². The lowest BCUT2D eigenvalue weighted by atomic mass is 10.00. The SMILES string of the molecule is CC1CCn2c(nnc2CC(N)C2CC2)C1. The fraction of sp³-hybridized carbons (Fsp3) is 0.833. The molecule has 4 nitrogen and oxygen atoms in total. The monoisotopic (exact) mass is 220 g/mol. The minimum Gasteiger partial charge on any atom is -0.327 e. The van der Waals surface area contributed by atoms with Gasteiger partial charge in [0.1, 0.15) is 11.6 Å². The molecule has 0 spiro atoms. The lowest BCUT2D eigenvalue weighted by molar-refractivity contribution is 0.398. The lowest BCUT2D eigenvalue weighted by Crippen LogP contribution is -2.28. The summed E-state index contributed by atoms with van der Waals surface area (Å²) in [4.78, 5) is 0. The summed E-state index contributed by atoms with van der Waals surface area (Å²) in [5, 5.41) is 8.61. The summed E-state index contributed by atoms with van der Waals surface area (Å²) in [6.45, 7) is 3.37. The van der Waals surface area contributed by atoms with E-state index < -0.39 is 0 Å². The van der Waals surface area contributed by atoms with Gasteiger partial charge in [-0.25, -0.2) is 0 Å². The number of aromatic nitrogens is 3. The molecule has 0 radical (unpaired) electrons. The highest BCUT2D eigenvalue weighted by molar-refractivity contribution is 5.03. The van der Waals surface area contributed by atoms with E-state index in [-0.39, 0.29) is 0 Å². The van der Waals surface area contributed by atoms with Gasteiger partial charge in [-0.3, -0.25) is 0 Å². The van der Waals surface area contributed by atoms with Crippen LogP contribution in [0.15, 0.2) is 0 Å². The van der Waals surface area contributed by atoms with Crippen LogP contribution >= 0.6 is 0 Å². The summed E-state index contributed by atoms with van der Waals surface area (Å²) < 4.78 is 2.29. The van der Waals surface area contributed by atoms with Gasteiger partial charge >= 0.3 is 0 Å². The second-order valence-corrected chi connectivity index (χ2v) is 5.49. The Morgan fingerprint density at radius 3 is 2.94 bits per heavy atom. The van der Waals surface area contributed by atoms with Gasteiger partial charge in [-0.15, -0.1) is 10.2 Å². The Bertz CT molecular complexity index is 380. The van der Waals surface area contributed by atoms with Crippen molar-refractivity contribution in [2.24, 2.45) is 17.6 Å². The Morgan fingerprint density at radius 1 is 1.38 bits per heavy atom. The fourth-order valence-corrected chi connectivity index (χ4v) is 2.60. The second-order valence-electron chi connectivity index (χ2n) is 5.49. The Labute approximate surface area is 96.2 Å². The lowest BCUT2D eigenvalue weighted by Gasteiger charge is -2.21.